The molecule has 0 N–H and O–H groups in total. The predicted molar refractivity (Wildman–Crippen MR) is 129 cm³/mol. The van der Waals surface area contributed by atoms with E-state index in [1.165, 1.54) is 4.88 Å². The Bertz CT molecular complexity index is 960. The zero-order valence-electron chi connectivity index (χ0n) is 19.1. The molecule has 3 rings (SSSR count). The lowest BCUT2D eigenvalue weighted by Crippen LogP contribution is -2.32. The molecule has 1 saturated heterocycles. The topological polar surface area (TPSA) is 64.4 Å². The first-order chi connectivity index (χ1) is 15.2. The maximum Gasteiger partial charge on any atom is 0.410 e. The minimum atomic E-state index is -0.528. The van der Waals surface area contributed by atoms with E-state index >= 15 is 0 Å². The molecule has 1 aliphatic heterocycles. The first-order valence-electron chi connectivity index (χ1n) is 11.1. The highest BCUT2D eigenvalue weighted by atomic mass is 35.5. The van der Waals surface area contributed by atoms with Gasteiger partial charge >= 0.3 is 6.09 Å². The van der Waals surface area contributed by atoms with E-state index in [1.54, 1.807) is 27.0 Å². The molecule has 1 fully saturated rings. The minimum Gasteiger partial charge on any atom is -0.445 e. The molecule has 1 atom stereocenters. The third kappa shape index (κ3) is 6.23. The molecule has 1 amide bonds. The van der Waals surface area contributed by atoms with Gasteiger partial charge < -0.3 is 9.64 Å². The smallest absolute Gasteiger partial charge is 0.410 e. The molecule has 3 heterocycles. The van der Waals surface area contributed by atoms with Crippen LogP contribution in [0.4, 0.5) is 4.79 Å². The highest BCUT2D eigenvalue weighted by Crippen LogP contribution is 2.30. The molecule has 0 spiro atoms. The van der Waals surface area contributed by atoms with E-state index in [2.05, 4.69) is 12.6 Å². The number of amides is 1. The fourth-order valence-electron chi connectivity index (χ4n) is 3.85. The van der Waals surface area contributed by atoms with Gasteiger partial charge in [-0.05, 0) is 50.3 Å². The van der Waals surface area contributed by atoms with Gasteiger partial charge in [-0.15, -0.1) is 11.3 Å². The lowest BCUT2D eigenvalue weighted by molar-refractivity contribution is 0.0744. The Morgan fingerprint density at radius 3 is 2.72 bits per heavy atom. The van der Waals surface area contributed by atoms with Gasteiger partial charge in [-0.3, -0.25) is 4.79 Å². The average Bonchev–Trinajstić information content (AvgIpc) is 3.27. The van der Waals surface area contributed by atoms with Crippen molar-refractivity contribution < 1.29 is 14.3 Å². The molecule has 0 aliphatic carbocycles. The summed E-state index contributed by atoms with van der Waals surface area (Å²) < 4.78 is 7.57. The van der Waals surface area contributed by atoms with Crippen LogP contribution in [-0.4, -0.2) is 46.4 Å². The fraction of sp³-hybridized carbons (Fsp3) is 0.542. The van der Waals surface area contributed by atoms with Gasteiger partial charge in [0.05, 0.1) is 10.0 Å². The summed E-state index contributed by atoms with van der Waals surface area (Å²) in [5, 5.41) is 4.78. The summed E-state index contributed by atoms with van der Waals surface area (Å²) in [7, 11) is 0. The number of hydrogen-bond acceptors (Lipinski definition) is 5. The normalized spacial score (nSPS) is 17.1. The van der Waals surface area contributed by atoms with Crippen molar-refractivity contribution in [3.8, 4) is 0 Å². The van der Waals surface area contributed by atoms with Gasteiger partial charge in [-0.2, -0.15) is 5.10 Å². The lowest BCUT2D eigenvalue weighted by Gasteiger charge is -2.19. The summed E-state index contributed by atoms with van der Waals surface area (Å²) in [6.45, 7) is 10.8. The molecule has 32 heavy (non-hydrogen) atoms. The Labute approximate surface area is 199 Å². The third-order valence-electron chi connectivity index (χ3n) is 5.62. The van der Waals surface area contributed by atoms with Crippen LogP contribution in [0.5, 0.6) is 0 Å². The van der Waals surface area contributed by atoms with Crippen LogP contribution in [0.3, 0.4) is 0 Å². The summed E-state index contributed by atoms with van der Waals surface area (Å²) in [5.74, 6) is 0.197. The SMILES string of the molecule is C=CCOC(=O)N1CCCC(c2cc(CCc3ccc(Cl)s3)n(C(=O)C(C)(C)C)n2)CC1. The van der Waals surface area contributed by atoms with Crippen LogP contribution in [0.15, 0.2) is 30.9 Å². The van der Waals surface area contributed by atoms with E-state index in [0.29, 0.717) is 13.1 Å². The van der Waals surface area contributed by atoms with E-state index in [0.717, 1.165) is 47.8 Å². The van der Waals surface area contributed by atoms with E-state index in [1.807, 2.05) is 32.9 Å². The van der Waals surface area contributed by atoms with Crippen molar-refractivity contribution in [1.82, 2.24) is 14.7 Å². The van der Waals surface area contributed by atoms with E-state index in [9.17, 15) is 9.59 Å². The summed E-state index contributed by atoms with van der Waals surface area (Å²) >= 11 is 7.64. The second-order valence-electron chi connectivity index (χ2n) is 9.21. The summed E-state index contributed by atoms with van der Waals surface area (Å²) in [5.41, 5.74) is 1.33. The number of halogens is 1. The molecule has 0 bridgehead atoms. The van der Waals surface area contributed by atoms with Crippen LogP contribution >= 0.6 is 22.9 Å². The average molecular weight is 478 g/mol. The maximum atomic E-state index is 13.1. The zero-order valence-corrected chi connectivity index (χ0v) is 20.7. The predicted octanol–water partition coefficient (Wildman–Crippen LogP) is 5.96. The minimum absolute atomic E-state index is 0.00814. The highest BCUT2D eigenvalue weighted by molar-refractivity contribution is 7.16. The molecule has 0 aromatic carbocycles. The first-order valence-corrected chi connectivity index (χ1v) is 12.3. The Morgan fingerprint density at radius 1 is 1.28 bits per heavy atom. The van der Waals surface area contributed by atoms with Crippen molar-refractivity contribution in [1.29, 1.82) is 0 Å². The van der Waals surface area contributed by atoms with Crippen molar-refractivity contribution in [2.45, 2.75) is 58.8 Å². The molecule has 1 aliphatic rings. The Balaban J connectivity index is 1.77. The molecular formula is C24H32ClN3O3S. The van der Waals surface area contributed by atoms with Gasteiger partial charge in [0.2, 0.25) is 0 Å². The second-order valence-corrected chi connectivity index (χ2v) is 11.0. The number of aromatic nitrogens is 2. The molecule has 174 valence electrons. The second kappa shape index (κ2) is 10.7. The maximum absolute atomic E-state index is 13.1. The van der Waals surface area contributed by atoms with Crippen LogP contribution in [0.2, 0.25) is 4.34 Å². The van der Waals surface area contributed by atoms with Crippen LogP contribution in [0, 0.1) is 5.41 Å². The van der Waals surface area contributed by atoms with Crippen LogP contribution in [-0.2, 0) is 17.6 Å². The molecule has 0 saturated carbocycles. The number of likely N-dealkylation sites (tertiary alicyclic amines) is 1. The van der Waals surface area contributed by atoms with Gasteiger partial charge in [0, 0.05) is 35.0 Å². The monoisotopic (exact) mass is 477 g/mol. The number of ether oxygens (including phenoxy) is 1. The Kier molecular flexibility index (Phi) is 8.17. The number of aryl methyl sites for hydroxylation is 2. The summed E-state index contributed by atoms with van der Waals surface area (Å²) in [4.78, 5) is 28.3. The van der Waals surface area contributed by atoms with Gasteiger partial charge in [0.25, 0.3) is 5.91 Å². The van der Waals surface area contributed by atoms with Crippen molar-refractivity contribution in [2.24, 2.45) is 5.41 Å². The van der Waals surface area contributed by atoms with E-state index in [-0.39, 0.29) is 24.5 Å². The van der Waals surface area contributed by atoms with Crippen LogP contribution < -0.4 is 0 Å². The van der Waals surface area contributed by atoms with Gasteiger partial charge in [-0.25, -0.2) is 9.48 Å². The number of rotatable bonds is 6. The molecule has 2 aromatic heterocycles. The highest BCUT2D eigenvalue weighted by Gasteiger charge is 2.29. The largest absolute Gasteiger partial charge is 0.445 e. The first kappa shape index (κ1) is 24.5. The Morgan fingerprint density at radius 2 is 2.06 bits per heavy atom. The van der Waals surface area contributed by atoms with Crippen LogP contribution in [0.25, 0.3) is 0 Å². The van der Waals surface area contributed by atoms with E-state index in [4.69, 9.17) is 21.4 Å². The quantitative estimate of drug-likeness (QED) is 0.481. The Hall–Kier alpha value is -2.12. The zero-order chi connectivity index (χ0) is 23.3. The molecule has 2 aromatic rings. The van der Waals surface area contributed by atoms with Gasteiger partial charge in [0.1, 0.15) is 6.61 Å². The van der Waals surface area contributed by atoms with E-state index < -0.39 is 5.41 Å². The number of thiophene rings is 1. The number of hydrogen-bond donors (Lipinski definition) is 0. The van der Waals surface area contributed by atoms with Crippen molar-refractivity contribution in [3.05, 3.63) is 51.5 Å². The van der Waals surface area contributed by atoms with Crippen molar-refractivity contribution in [3.63, 3.8) is 0 Å². The van der Waals surface area contributed by atoms with Crippen LogP contribution in [0.1, 0.15) is 67.0 Å². The summed E-state index contributed by atoms with van der Waals surface area (Å²) in [6.07, 6.45) is 5.40. The summed E-state index contributed by atoms with van der Waals surface area (Å²) in [6, 6.07) is 6.02. The molecule has 1 unspecified atom stereocenters. The standard InChI is InChI=1S/C24H32ClN3O3S/c1-5-15-31-23(30)27-13-6-7-17(12-14-27)20-16-18(8-9-19-10-11-21(25)32-19)28(26-20)22(29)24(2,3)4/h5,10-11,16-17H,1,6-9,12-15H2,2-4H3. The number of carbonyl (C=O) groups is 2. The van der Waals surface area contributed by atoms with Gasteiger partial charge in [0.15, 0.2) is 0 Å². The molecule has 8 heteroatoms. The molecular weight excluding hydrogens is 446 g/mol. The molecule has 6 nitrogen and oxygen atoms in total. The van der Waals surface area contributed by atoms with Crippen molar-refractivity contribution in [2.75, 3.05) is 19.7 Å². The lowest BCUT2D eigenvalue weighted by atomic mass is 9.95. The van der Waals surface area contributed by atoms with Crippen molar-refractivity contribution >= 4 is 34.9 Å². The number of nitrogens with zero attached hydrogens (tertiary/aromatic N) is 3. The number of carbonyl (C=O) groups excluding carboxylic acids is 2. The van der Waals surface area contributed by atoms with Gasteiger partial charge in [-0.1, -0.05) is 45.0 Å². The molecule has 0 radical (unpaired) electrons. The fourth-order valence-corrected chi connectivity index (χ4v) is 4.93. The third-order valence-corrected chi connectivity index (χ3v) is 6.91.